The van der Waals surface area contributed by atoms with Gasteiger partial charge in [-0.1, -0.05) is 11.6 Å². The van der Waals surface area contributed by atoms with E-state index in [0.29, 0.717) is 22.0 Å². The third-order valence-corrected chi connectivity index (χ3v) is 3.07. The summed E-state index contributed by atoms with van der Waals surface area (Å²) in [6.07, 6.45) is 1.54. The van der Waals surface area contributed by atoms with E-state index in [9.17, 15) is 9.59 Å². The molecule has 1 amide bonds. The Balaban J connectivity index is 2.21. The number of aryl methyl sites for hydroxylation is 1. The molecule has 0 radical (unpaired) electrons. The number of halogens is 1. The maximum absolute atomic E-state index is 12.0. The smallest absolute Gasteiger partial charge is 0.255 e. The van der Waals surface area contributed by atoms with Gasteiger partial charge in [0.05, 0.1) is 12.1 Å². The molecule has 20 heavy (non-hydrogen) atoms. The number of rotatable bonds is 3. The van der Waals surface area contributed by atoms with Crippen LogP contribution in [0, 0.1) is 0 Å². The van der Waals surface area contributed by atoms with Gasteiger partial charge in [0.15, 0.2) is 0 Å². The summed E-state index contributed by atoms with van der Waals surface area (Å²) < 4.78 is 6.42. The lowest BCUT2D eigenvalue weighted by atomic mass is 10.2. The van der Waals surface area contributed by atoms with E-state index in [-0.39, 0.29) is 11.5 Å². The molecule has 1 aromatic carbocycles. The first kappa shape index (κ1) is 14.1. The standard InChI is InChI=1S/C14H13ClN2O3/c1-17-6-5-9(7-13(17)18)14(19)16-10-3-4-12(20-2)11(15)8-10/h3-8H,1-2H3,(H,16,19). The number of carbonyl (C=O) groups is 1. The molecule has 0 bridgehead atoms. The second kappa shape index (κ2) is 5.79. The number of hydrogen-bond acceptors (Lipinski definition) is 3. The minimum absolute atomic E-state index is 0.245. The minimum Gasteiger partial charge on any atom is -0.495 e. The number of nitrogens with zero attached hydrogens (tertiary/aromatic N) is 1. The van der Waals surface area contributed by atoms with Crippen LogP contribution >= 0.6 is 11.6 Å². The Morgan fingerprint density at radius 2 is 2.05 bits per heavy atom. The predicted octanol–water partition coefficient (Wildman–Crippen LogP) is 2.30. The summed E-state index contributed by atoms with van der Waals surface area (Å²) >= 11 is 5.98. The fourth-order valence-electron chi connectivity index (χ4n) is 1.64. The average molecular weight is 293 g/mol. The number of benzene rings is 1. The molecule has 1 heterocycles. The first-order valence-electron chi connectivity index (χ1n) is 5.83. The van der Waals surface area contributed by atoms with Crippen LogP contribution in [-0.4, -0.2) is 17.6 Å². The maximum Gasteiger partial charge on any atom is 0.255 e. The number of aromatic nitrogens is 1. The van der Waals surface area contributed by atoms with Gasteiger partial charge in [-0.25, -0.2) is 0 Å². The number of methoxy groups -OCH3 is 1. The summed E-state index contributed by atoms with van der Waals surface area (Å²) in [5.74, 6) is 0.155. The predicted molar refractivity (Wildman–Crippen MR) is 77.6 cm³/mol. The van der Waals surface area contributed by atoms with Crippen LogP contribution in [-0.2, 0) is 7.05 Å². The van der Waals surface area contributed by atoms with E-state index in [1.807, 2.05) is 0 Å². The molecule has 2 aromatic rings. The normalized spacial score (nSPS) is 10.2. The molecule has 0 aliphatic rings. The second-order valence-corrected chi connectivity index (χ2v) is 4.58. The van der Waals surface area contributed by atoms with Crippen LogP contribution < -0.4 is 15.6 Å². The van der Waals surface area contributed by atoms with Gasteiger partial charge < -0.3 is 14.6 Å². The third-order valence-electron chi connectivity index (χ3n) is 2.78. The summed E-state index contributed by atoms with van der Waals surface area (Å²) in [5, 5.41) is 3.07. The summed E-state index contributed by atoms with van der Waals surface area (Å²) in [7, 11) is 3.13. The molecule has 0 spiro atoms. The Morgan fingerprint density at radius 1 is 1.30 bits per heavy atom. The molecule has 5 nitrogen and oxygen atoms in total. The SMILES string of the molecule is COc1ccc(NC(=O)c2ccn(C)c(=O)c2)cc1Cl. The lowest BCUT2D eigenvalue weighted by Gasteiger charge is -2.08. The Hall–Kier alpha value is -2.27. The Bertz CT molecular complexity index is 710. The minimum atomic E-state index is -0.371. The number of hydrogen-bond donors (Lipinski definition) is 1. The van der Waals surface area contributed by atoms with Crippen molar-refractivity contribution in [2.75, 3.05) is 12.4 Å². The number of nitrogens with one attached hydrogen (secondary N) is 1. The molecule has 0 unspecified atom stereocenters. The number of carbonyl (C=O) groups excluding carboxylic acids is 1. The average Bonchev–Trinajstić information content (AvgIpc) is 2.42. The molecule has 0 aliphatic heterocycles. The van der Waals surface area contributed by atoms with Gasteiger partial charge in [-0.15, -0.1) is 0 Å². The van der Waals surface area contributed by atoms with Crippen molar-refractivity contribution in [3.63, 3.8) is 0 Å². The van der Waals surface area contributed by atoms with Crippen LogP contribution in [0.2, 0.25) is 5.02 Å². The first-order chi connectivity index (χ1) is 9.51. The zero-order valence-corrected chi connectivity index (χ0v) is 11.8. The molecular formula is C14H13ClN2O3. The van der Waals surface area contributed by atoms with Crippen molar-refractivity contribution in [1.82, 2.24) is 4.57 Å². The highest BCUT2D eigenvalue weighted by Crippen LogP contribution is 2.27. The fourth-order valence-corrected chi connectivity index (χ4v) is 1.89. The molecule has 0 atom stereocenters. The molecule has 0 fully saturated rings. The van der Waals surface area contributed by atoms with Gasteiger partial charge in [-0.05, 0) is 24.3 Å². The summed E-state index contributed by atoms with van der Waals surface area (Å²) in [5.41, 5.74) is 0.576. The van der Waals surface area contributed by atoms with Gasteiger partial charge in [-0.3, -0.25) is 9.59 Å². The fraction of sp³-hybridized carbons (Fsp3) is 0.143. The van der Waals surface area contributed by atoms with Crippen LogP contribution in [0.3, 0.4) is 0 Å². The Morgan fingerprint density at radius 3 is 2.65 bits per heavy atom. The van der Waals surface area contributed by atoms with E-state index >= 15 is 0 Å². The van der Waals surface area contributed by atoms with Gasteiger partial charge in [-0.2, -0.15) is 0 Å². The zero-order valence-electron chi connectivity index (χ0n) is 11.0. The van der Waals surface area contributed by atoms with Crippen molar-refractivity contribution < 1.29 is 9.53 Å². The van der Waals surface area contributed by atoms with E-state index < -0.39 is 0 Å². The molecule has 104 valence electrons. The molecule has 0 saturated heterocycles. The first-order valence-corrected chi connectivity index (χ1v) is 6.20. The number of anilines is 1. The number of amides is 1. The van der Waals surface area contributed by atoms with E-state index in [1.54, 1.807) is 31.3 Å². The molecule has 1 N–H and O–H groups in total. The zero-order chi connectivity index (χ0) is 14.7. The Kier molecular flexibility index (Phi) is 4.10. The topological polar surface area (TPSA) is 60.3 Å². The third kappa shape index (κ3) is 3.00. The van der Waals surface area contributed by atoms with Crippen molar-refractivity contribution in [2.24, 2.45) is 7.05 Å². The van der Waals surface area contributed by atoms with Crippen LogP contribution in [0.1, 0.15) is 10.4 Å². The van der Waals surface area contributed by atoms with Gasteiger partial charge in [0.2, 0.25) is 0 Å². The monoisotopic (exact) mass is 292 g/mol. The van der Waals surface area contributed by atoms with E-state index in [4.69, 9.17) is 16.3 Å². The quantitative estimate of drug-likeness (QED) is 0.944. The van der Waals surface area contributed by atoms with E-state index in [1.165, 1.54) is 23.9 Å². The van der Waals surface area contributed by atoms with Crippen LogP contribution in [0.25, 0.3) is 0 Å². The number of pyridine rings is 1. The largest absolute Gasteiger partial charge is 0.495 e. The molecule has 1 aromatic heterocycles. The molecular weight excluding hydrogens is 280 g/mol. The van der Waals surface area contributed by atoms with Gasteiger partial charge in [0.1, 0.15) is 5.75 Å². The van der Waals surface area contributed by atoms with Crippen molar-refractivity contribution in [2.45, 2.75) is 0 Å². The van der Waals surface area contributed by atoms with Gasteiger partial charge in [0.25, 0.3) is 11.5 Å². The van der Waals surface area contributed by atoms with Crippen molar-refractivity contribution in [1.29, 1.82) is 0 Å². The second-order valence-electron chi connectivity index (χ2n) is 4.17. The van der Waals surface area contributed by atoms with Crippen molar-refractivity contribution >= 4 is 23.2 Å². The molecule has 0 saturated carbocycles. The molecule has 2 rings (SSSR count). The van der Waals surface area contributed by atoms with Crippen molar-refractivity contribution in [3.8, 4) is 5.75 Å². The van der Waals surface area contributed by atoms with Crippen LogP contribution in [0.15, 0.2) is 41.3 Å². The molecule has 0 aliphatic carbocycles. The summed E-state index contributed by atoms with van der Waals surface area (Å²) in [6, 6.07) is 7.76. The lowest BCUT2D eigenvalue weighted by Crippen LogP contribution is -2.19. The maximum atomic E-state index is 12.0. The van der Waals surface area contributed by atoms with Crippen LogP contribution in [0.4, 0.5) is 5.69 Å². The molecule has 6 heteroatoms. The van der Waals surface area contributed by atoms with E-state index in [2.05, 4.69) is 5.32 Å². The summed E-state index contributed by atoms with van der Waals surface area (Å²) in [4.78, 5) is 23.5. The van der Waals surface area contributed by atoms with Gasteiger partial charge >= 0.3 is 0 Å². The highest BCUT2D eigenvalue weighted by atomic mass is 35.5. The van der Waals surface area contributed by atoms with E-state index in [0.717, 1.165) is 0 Å². The Labute approximate surface area is 120 Å². The van der Waals surface area contributed by atoms with Crippen molar-refractivity contribution in [3.05, 3.63) is 57.5 Å². The van der Waals surface area contributed by atoms with Gasteiger partial charge in [0, 0.05) is 30.6 Å². The van der Waals surface area contributed by atoms with Crippen LogP contribution in [0.5, 0.6) is 5.75 Å². The highest BCUT2D eigenvalue weighted by molar-refractivity contribution is 6.32. The number of ether oxygens (including phenoxy) is 1. The highest BCUT2D eigenvalue weighted by Gasteiger charge is 2.09. The lowest BCUT2D eigenvalue weighted by molar-refractivity contribution is 0.102. The summed E-state index contributed by atoms with van der Waals surface area (Å²) in [6.45, 7) is 0.